The Morgan fingerprint density at radius 1 is 0.935 bits per heavy atom. The van der Waals surface area contributed by atoms with Crippen LogP contribution in [0.2, 0.25) is 0 Å². The summed E-state index contributed by atoms with van der Waals surface area (Å²) in [4.78, 5) is 27.2. The lowest BCUT2D eigenvalue weighted by atomic mass is 9.33. The topological polar surface area (TPSA) is 52.6 Å². The molecule has 0 radical (unpaired) electrons. The van der Waals surface area contributed by atoms with E-state index < -0.39 is 11.2 Å². The molecular weight excluding hydrogens is 568 g/mol. The molecule has 0 aromatic heterocycles. The molecular formula is C42H56O4. The third-order valence-corrected chi connectivity index (χ3v) is 16.5. The normalized spacial score (nSPS) is 47.3. The first-order chi connectivity index (χ1) is 21.6. The molecule has 0 N–H and O–H groups in total. The van der Waals surface area contributed by atoms with E-state index in [-0.39, 0.29) is 33.4 Å². The molecule has 1 heterocycles. The maximum Gasteiger partial charge on any atom is 0.170 e. The van der Waals surface area contributed by atoms with Gasteiger partial charge < -0.3 is 9.47 Å². The van der Waals surface area contributed by atoms with Crippen molar-refractivity contribution in [1.29, 1.82) is 0 Å². The number of carbonyl (C=O) groups is 2. The zero-order valence-corrected chi connectivity index (χ0v) is 29.8. The fourth-order valence-electron chi connectivity index (χ4n) is 13.4. The zero-order valence-electron chi connectivity index (χ0n) is 29.8. The Hall–Kier alpha value is -2.36. The Labute approximate surface area is 277 Å². The quantitative estimate of drug-likeness (QED) is 0.292. The number of ether oxygens (including phenoxy) is 2. The number of benzene rings is 1. The minimum atomic E-state index is -0.525. The average molecular weight is 625 g/mol. The summed E-state index contributed by atoms with van der Waals surface area (Å²) in [5.41, 5.74) is 4.73. The second-order valence-corrected chi connectivity index (χ2v) is 18.4. The number of fused-ring (bicyclic) bond motifs is 8. The predicted molar refractivity (Wildman–Crippen MR) is 183 cm³/mol. The molecule has 6 aliphatic carbocycles. The van der Waals surface area contributed by atoms with E-state index in [2.05, 4.69) is 74.1 Å². The van der Waals surface area contributed by atoms with Crippen LogP contribution in [0.1, 0.15) is 147 Å². The van der Waals surface area contributed by atoms with Crippen molar-refractivity contribution in [3.63, 3.8) is 0 Å². The van der Waals surface area contributed by atoms with E-state index in [0.717, 1.165) is 93.3 Å². The molecule has 46 heavy (non-hydrogen) atoms. The predicted octanol–water partition coefficient (Wildman–Crippen LogP) is 10.0. The molecule has 0 spiro atoms. The summed E-state index contributed by atoms with van der Waals surface area (Å²) in [6.45, 7) is 23.2. The number of Topliss-reactive ketones (excluding diaryl/α,β-unsaturated/α-hetero) is 2. The average Bonchev–Trinajstić information content (AvgIpc) is 3.20. The molecule has 1 aromatic carbocycles. The second-order valence-electron chi connectivity index (χ2n) is 18.4. The van der Waals surface area contributed by atoms with Crippen LogP contribution in [0.25, 0.3) is 0 Å². The molecule has 4 fully saturated rings. The van der Waals surface area contributed by atoms with Gasteiger partial charge in [-0.05, 0) is 122 Å². The van der Waals surface area contributed by atoms with Gasteiger partial charge in [-0.1, -0.05) is 52.8 Å². The van der Waals surface area contributed by atoms with Gasteiger partial charge in [-0.25, -0.2) is 0 Å². The Balaban J connectivity index is 1.25. The first-order valence-electron chi connectivity index (χ1n) is 18.5. The number of ketones is 2. The number of rotatable bonds is 1. The summed E-state index contributed by atoms with van der Waals surface area (Å²) >= 11 is 0. The van der Waals surface area contributed by atoms with Gasteiger partial charge in [-0.2, -0.15) is 0 Å². The third-order valence-electron chi connectivity index (χ3n) is 16.5. The van der Waals surface area contributed by atoms with Gasteiger partial charge in [0.25, 0.3) is 0 Å². The fraction of sp³-hybridized carbons (Fsp3) is 0.714. The summed E-state index contributed by atoms with van der Waals surface area (Å²) in [7, 11) is 0. The van der Waals surface area contributed by atoms with Crippen LogP contribution in [0.15, 0.2) is 29.9 Å². The van der Waals surface area contributed by atoms with Crippen LogP contribution >= 0.6 is 0 Å². The molecule has 4 saturated carbocycles. The molecule has 10 unspecified atom stereocenters. The van der Waals surface area contributed by atoms with Gasteiger partial charge in [-0.3, -0.25) is 9.59 Å². The van der Waals surface area contributed by atoms with Gasteiger partial charge in [0.2, 0.25) is 0 Å². The van der Waals surface area contributed by atoms with E-state index in [4.69, 9.17) is 9.47 Å². The van der Waals surface area contributed by atoms with Gasteiger partial charge in [-0.15, -0.1) is 0 Å². The second kappa shape index (κ2) is 9.41. The highest BCUT2D eigenvalue weighted by Crippen LogP contribution is 2.74. The fourth-order valence-corrected chi connectivity index (χ4v) is 13.4. The first kappa shape index (κ1) is 30.9. The summed E-state index contributed by atoms with van der Waals surface area (Å²) in [5.74, 6) is 3.87. The molecule has 0 saturated heterocycles. The largest absolute Gasteiger partial charge is 0.478 e. The lowest BCUT2D eigenvalue weighted by Gasteiger charge is -2.70. The molecule has 1 aromatic rings. The van der Waals surface area contributed by atoms with Crippen LogP contribution in [0.3, 0.4) is 0 Å². The molecule has 0 amide bonds. The van der Waals surface area contributed by atoms with E-state index in [1.165, 1.54) is 16.7 Å². The highest BCUT2D eigenvalue weighted by Gasteiger charge is 2.69. The molecule has 4 heteroatoms. The van der Waals surface area contributed by atoms with E-state index in [0.29, 0.717) is 30.0 Å². The van der Waals surface area contributed by atoms with Gasteiger partial charge in [0.1, 0.15) is 5.78 Å². The molecule has 1 aliphatic heterocycles. The third kappa shape index (κ3) is 3.53. The lowest BCUT2D eigenvalue weighted by molar-refractivity contribution is -0.196. The Kier molecular flexibility index (Phi) is 6.33. The Morgan fingerprint density at radius 3 is 2.39 bits per heavy atom. The van der Waals surface area contributed by atoms with Crippen LogP contribution in [0.5, 0.6) is 11.5 Å². The molecule has 0 bridgehead atoms. The van der Waals surface area contributed by atoms with Crippen LogP contribution in [-0.4, -0.2) is 22.8 Å². The highest BCUT2D eigenvalue weighted by molar-refractivity contribution is 6.02. The molecule has 7 aliphatic rings. The number of hydrogen-bond donors (Lipinski definition) is 0. The van der Waals surface area contributed by atoms with E-state index >= 15 is 0 Å². The minimum absolute atomic E-state index is 0.0309. The first-order valence-corrected chi connectivity index (χ1v) is 18.5. The summed E-state index contributed by atoms with van der Waals surface area (Å²) in [6, 6.07) is 2.27. The maximum atomic E-state index is 14.5. The van der Waals surface area contributed by atoms with Crippen molar-refractivity contribution in [2.75, 3.05) is 0 Å². The van der Waals surface area contributed by atoms with Gasteiger partial charge in [0.15, 0.2) is 28.5 Å². The minimum Gasteiger partial charge on any atom is -0.478 e. The molecule has 248 valence electrons. The van der Waals surface area contributed by atoms with E-state index in [1.54, 1.807) is 0 Å². The van der Waals surface area contributed by atoms with Crippen molar-refractivity contribution >= 4 is 11.6 Å². The van der Waals surface area contributed by atoms with Crippen molar-refractivity contribution < 1.29 is 19.1 Å². The summed E-state index contributed by atoms with van der Waals surface area (Å²) in [6.07, 6.45) is 13.7. The number of hydrogen-bond acceptors (Lipinski definition) is 4. The van der Waals surface area contributed by atoms with Crippen molar-refractivity contribution in [1.82, 2.24) is 0 Å². The van der Waals surface area contributed by atoms with Gasteiger partial charge in [0.05, 0.1) is 0 Å². The Bertz CT molecular complexity index is 1620. The maximum absolute atomic E-state index is 14.5. The monoisotopic (exact) mass is 624 g/mol. The summed E-state index contributed by atoms with van der Waals surface area (Å²) in [5, 5.41) is 0. The van der Waals surface area contributed by atoms with Crippen LogP contribution in [-0.2, 0) is 10.2 Å². The zero-order chi connectivity index (χ0) is 32.8. The molecule has 4 nitrogen and oxygen atoms in total. The van der Waals surface area contributed by atoms with Gasteiger partial charge >= 0.3 is 0 Å². The summed E-state index contributed by atoms with van der Waals surface area (Å²) < 4.78 is 14.8. The smallest absolute Gasteiger partial charge is 0.170 e. The highest BCUT2D eigenvalue weighted by atomic mass is 16.6. The molecule has 10 atom stereocenters. The number of carbonyl (C=O) groups excluding carboxylic acids is 2. The van der Waals surface area contributed by atoms with Crippen molar-refractivity contribution in [2.45, 2.75) is 149 Å². The number of allylic oxidation sites excluding steroid dienone is 1. The standard InChI is InChI=1S/C42H56O4/c1-24(2)28-11-10-25(3)41-15-14-26(4)42(41,22-28)45-32-20-30-35(27(5)36(32)46-41)31(44)21-34-38(30,7)17-19-39(8)33-13-12-29(43)23-37(33,6)16-18-40(34,39)9/h14,20,25,28,33-34H,1,10-13,15-19,21-23H2,2-9H3. The van der Waals surface area contributed by atoms with E-state index in [9.17, 15) is 9.59 Å². The van der Waals surface area contributed by atoms with Crippen LogP contribution in [0.4, 0.5) is 0 Å². The van der Waals surface area contributed by atoms with Crippen LogP contribution < -0.4 is 9.47 Å². The SMILES string of the molecule is C=C(C)C1CCC(C)C23CC=C(C)C2(C1)Oc1cc2c(c(C)c1O3)C(=O)CC1C2(C)CCC2(C)C3CCC(=O)CC3(C)CCC12C. The van der Waals surface area contributed by atoms with E-state index in [1.807, 2.05) is 0 Å². The van der Waals surface area contributed by atoms with Crippen molar-refractivity contribution in [3.05, 3.63) is 46.6 Å². The van der Waals surface area contributed by atoms with Gasteiger partial charge in [0, 0.05) is 49.1 Å². The van der Waals surface area contributed by atoms with Crippen LogP contribution in [0, 0.1) is 46.8 Å². The lowest BCUT2D eigenvalue weighted by Crippen LogP contribution is -2.65. The Morgan fingerprint density at radius 2 is 1.65 bits per heavy atom. The van der Waals surface area contributed by atoms with Crippen molar-refractivity contribution in [3.8, 4) is 11.5 Å². The molecule has 8 rings (SSSR count). The van der Waals surface area contributed by atoms with Crippen molar-refractivity contribution in [2.24, 2.45) is 39.9 Å².